The fraction of sp³-hybridized carbons (Fsp3) is 0.444. The molecular formula is C27H30N8O. The lowest BCUT2D eigenvalue weighted by molar-refractivity contribution is 0.435. The second kappa shape index (κ2) is 7.46. The fourth-order valence-corrected chi connectivity index (χ4v) is 5.31. The van der Waals surface area contributed by atoms with Crippen LogP contribution < -0.4 is 16.2 Å². The SMILES string of the molecule is CC1(C)CNCc2cc(Nc3ncc4c(=O)n(C5CC5)n(-c5ccnc(C6(C)CC6)n5)c4n3)ccc21. The van der Waals surface area contributed by atoms with E-state index in [1.807, 2.05) is 10.7 Å². The summed E-state index contributed by atoms with van der Waals surface area (Å²) in [5.74, 6) is 1.96. The number of nitrogens with zero attached hydrogens (tertiary/aromatic N) is 6. The van der Waals surface area contributed by atoms with E-state index in [1.165, 1.54) is 11.1 Å². The number of anilines is 2. The molecule has 1 aromatic carbocycles. The van der Waals surface area contributed by atoms with Gasteiger partial charge in [0.05, 0.1) is 6.04 Å². The van der Waals surface area contributed by atoms with Gasteiger partial charge in [-0.15, -0.1) is 0 Å². The van der Waals surface area contributed by atoms with Crippen molar-refractivity contribution < 1.29 is 0 Å². The van der Waals surface area contributed by atoms with Gasteiger partial charge in [0.15, 0.2) is 11.5 Å². The molecule has 0 amide bonds. The molecule has 9 nitrogen and oxygen atoms in total. The zero-order valence-electron chi connectivity index (χ0n) is 20.9. The Hall–Kier alpha value is -3.59. The lowest BCUT2D eigenvalue weighted by atomic mass is 9.79. The normalized spacial score (nSPS) is 19.8. The molecule has 7 rings (SSSR count). The van der Waals surface area contributed by atoms with Gasteiger partial charge in [-0.2, -0.15) is 4.98 Å². The van der Waals surface area contributed by atoms with Crippen molar-refractivity contribution in [1.82, 2.24) is 34.6 Å². The summed E-state index contributed by atoms with van der Waals surface area (Å²) in [6.45, 7) is 8.51. The van der Waals surface area contributed by atoms with Crippen LogP contribution in [0.25, 0.3) is 16.9 Å². The van der Waals surface area contributed by atoms with Crippen LogP contribution in [0.1, 0.15) is 69.4 Å². The molecular weight excluding hydrogens is 452 g/mol. The molecule has 0 unspecified atom stereocenters. The second-order valence-corrected chi connectivity index (χ2v) is 11.4. The fourth-order valence-electron chi connectivity index (χ4n) is 5.31. The molecule has 4 heterocycles. The Kier molecular flexibility index (Phi) is 4.49. The van der Waals surface area contributed by atoms with Gasteiger partial charge in [0.1, 0.15) is 11.2 Å². The number of nitrogens with one attached hydrogen (secondary N) is 2. The maximum absolute atomic E-state index is 13.4. The molecule has 0 saturated heterocycles. The van der Waals surface area contributed by atoms with Crippen molar-refractivity contribution in [3.05, 3.63) is 64.0 Å². The van der Waals surface area contributed by atoms with Gasteiger partial charge in [-0.25, -0.2) is 24.3 Å². The molecule has 2 saturated carbocycles. The Bertz CT molecular complexity index is 1570. The van der Waals surface area contributed by atoms with Gasteiger partial charge in [-0.05, 0) is 48.9 Å². The first-order chi connectivity index (χ1) is 17.3. The molecule has 9 heteroatoms. The minimum atomic E-state index is -0.0704. The summed E-state index contributed by atoms with van der Waals surface area (Å²) in [7, 11) is 0. The smallest absolute Gasteiger partial charge is 0.278 e. The van der Waals surface area contributed by atoms with Gasteiger partial charge in [-0.1, -0.05) is 26.8 Å². The minimum Gasteiger partial charge on any atom is -0.324 e. The first-order valence-electron chi connectivity index (χ1n) is 12.8. The van der Waals surface area contributed by atoms with Crippen LogP contribution in [-0.4, -0.2) is 35.8 Å². The van der Waals surface area contributed by atoms with Gasteiger partial charge < -0.3 is 10.6 Å². The van der Waals surface area contributed by atoms with Crippen molar-refractivity contribution in [2.24, 2.45) is 0 Å². The maximum atomic E-state index is 13.4. The summed E-state index contributed by atoms with van der Waals surface area (Å²) >= 11 is 0. The van der Waals surface area contributed by atoms with Crippen LogP contribution in [0, 0.1) is 0 Å². The largest absolute Gasteiger partial charge is 0.324 e. The average Bonchev–Trinajstić information content (AvgIpc) is 3.79. The molecule has 0 radical (unpaired) electrons. The lowest BCUT2D eigenvalue weighted by Gasteiger charge is -2.33. The topological polar surface area (TPSA) is 103 Å². The molecule has 1 aliphatic heterocycles. The standard InChI is InChI=1S/C27H30N8O/c1-26(2)15-28-13-16-12-17(4-7-20(16)26)31-25-30-14-19-22(33-25)35(34(23(19)36)18-5-6-18)21-8-11-29-24(32-21)27(3)9-10-27/h4,7-8,11-12,14,18,28H,5-6,9-10,13,15H2,1-3H3,(H,30,31,33). The van der Waals surface area contributed by atoms with Crippen molar-refractivity contribution >= 4 is 22.7 Å². The third-order valence-electron chi connectivity index (χ3n) is 7.89. The molecule has 2 N–H and O–H groups in total. The first kappa shape index (κ1) is 21.7. The monoisotopic (exact) mass is 482 g/mol. The highest BCUT2D eigenvalue weighted by molar-refractivity contribution is 5.77. The summed E-state index contributed by atoms with van der Waals surface area (Å²) in [4.78, 5) is 32.1. The van der Waals surface area contributed by atoms with E-state index in [0.717, 1.165) is 50.3 Å². The molecule has 4 aromatic rings. The zero-order valence-corrected chi connectivity index (χ0v) is 20.9. The summed E-state index contributed by atoms with van der Waals surface area (Å²) in [5.41, 5.74) is 4.18. The van der Waals surface area contributed by atoms with E-state index >= 15 is 0 Å². The van der Waals surface area contributed by atoms with Crippen LogP contribution in [-0.2, 0) is 17.4 Å². The predicted molar refractivity (Wildman–Crippen MR) is 138 cm³/mol. The molecule has 36 heavy (non-hydrogen) atoms. The molecule has 0 atom stereocenters. The molecule has 0 spiro atoms. The van der Waals surface area contributed by atoms with Crippen LogP contribution >= 0.6 is 0 Å². The van der Waals surface area contributed by atoms with Crippen molar-refractivity contribution in [3.63, 3.8) is 0 Å². The van der Waals surface area contributed by atoms with Crippen molar-refractivity contribution in [2.75, 3.05) is 11.9 Å². The van der Waals surface area contributed by atoms with E-state index < -0.39 is 0 Å². The summed E-state index contributed by atoms with van der Waals surface area (Å²) < 4.78 is 3.68. The number of fused-ring (bicyclic) bond motifs is 2. The third kappa shape index (κ3) is 3.44. The first-order valence-corrected chi connectivity index (χ1v) is 12.8. The zero-order chi connectivity index (χ0) is 24.7. The third-order valence-corrected chi connectivity index (χ3v) is 7.89. The number of aromatic nitrogens is 6. The van der Waals surface area contributed by atoms with E-state index in [9.17, 15) is 4.79 Å². The van der Waals surface area contributed by atoms with Crippen molar-refractivity contribution in [2.45, 2.75) is 69.9 Å². The van der Waals surface area contributed by atoms with E-state index in [-0.39, 0.29) is 22.4 Å². The molecule has 184 valence electrons. The predicted octanol–water partition coefficient (Wildman–Crippen LogP) is 3.88. The van der Waals surface area contributed by atoms with E-state index in [2.05, 4.69) is 59.6 Å². The number of hydrogen-bond donors (Lipinski definition) is 2. The molecule has 2 fully saturated rings. The summed E-state index contributed by atoms with van der Waals surface area (Å²) in [6.07, 6.45) is 7.55. The van der Waals surface area contributed by atoms with Gasteiger partial charge in [-0.3, -0.25) is 4.79 Å². The van der Waals surface area contributed by atoms with Gasteiger partial charge in [0.2, 0.25) is 5.95 Å². The Labute approximate surface area is 209 Å². The highest BCUT2D eigenvalue weighted by atomic mass is 16.1. The minimum absolute atomic E-state index is 0.0290. The maximum Gasteiger partial charge on any atom is 0.278 e. The van der Waals surface area contributed by atoms with Crippen LogP contribution in [0.5, 0.6) is 0 Å². The Morgan fingerprint density at radius 1 is 1.08 bits per heavy atom. The highest BCUT2D eigenvalue weighted by Gasteiger charge is 2.42. The Morgan fingerprint density at radius 2 is 1.92 bits per heavy atom. The second-order valence-electron chi connectivity index (χ2n) is 11.4. The van der Waals surface area contributed by atoms with Gasteiger partial charge in [0, 0.05) is 48.1 Å². The van der Waals surface area contributed by atoms with E-state index in [0.29, 0.717) is 22.8 Å². The highest BCUT2D eigenvalue weighted by Crippen LogP contribution is 2.46. The van der Waals surface area contributed by atoms with Gasteiger partial charge in [0.25, 0.3) is 5.56 Å². The number of rotatable bonds is 5. The average molecular weight is 483 g/mol. The van der Waals surface area contributed by atoms with Crippen LogP contribution in [0.4, 0.5) is 11.6 Å². The molecule has 3 aliphatic rings. The van der Waals surface area contributed by atoms with Crippen LogP contribution in [0.15, 0.2) is 41.5 Å². The Balaban J connectivity index is 1.32. The van der Waals surface area contributed by atoms with E-state index in [1.54, 1.807) is 17.1 Å². The Morgan fingerprint density at radius 3 is 2.69 bits per heavy atom. The quantitative estimate of drug-likeness (QED) is 0.445. The molecule has 3 aromatic heterocycles. The number of hydrogen-bond acceptors (Lipinski definition) is 7. The summed E-state index contributed by atoms with van der Waals surface area (Å²) in [5, 5.41) is 7.37. The number of benzene rings is 1. The molecule has 0 bridgehead atoms. The van der Waals surface area contributed by atoms with Crippen molar-refractivity contribution in [1.29, 1.82) is 0 Å². The summed E-state index contributed by atoms with van der Waals surface area (Å²) in [6, 6.07) is 8.45. The van der Waals surface area contributed by atoms with Crippen LogP contribution in [0.3, 0.4) is 0 Å². The lowest BCUT2D eigenvalue weighted by Crippen LogP contribution is -2.38. The van der Waals surface area contributed by atoms with E-state index in [4.69, 9.17) is 9.97 Å². The van der Waals surface area contributed by atoms with Crippen LogP contribution in [0.2, 0.25) is 0 Å². The van der Waals surface area contributed by atoms with Crippen molar-refractivity contribution in [3.8, 4) is 5.82 Å². The van der Waals surface area contributed by atoms with Gasteiger partial charge >= 0.3 is 0 Å². The molecule has 2 aliphatic carbocycles.